The number of anilines is 2. The highest BCUT2D eigenvalue weighted by Crippen LogP contribution is 2.27. The van der Waals surface area contributed by atoms with Crippen molar-refractivity contribution in [3.8, 4) is 5.75 Å². The van der Waals surface area contributed by atoms with Gasteiger partial charge in [0.25, 0.3) is 15.9 Å². The van der Waals surface area contributed by atoms with E-state index in [1.165, 1.54) is 35.6 Å². The molecule has 1 N–H and O–H groups in total. The smallest absolute Gasteiger partial charge is 0.264 e. The molecule has 3 rings (SSSR count). The molecule has 0 bridgehead atoms. The van der Waals surface area contributed by atoms with Gasteiger partial charge in [-0.1, -0.05) is 11.6 Å². The number of hydrogen-bond acceptors (Lipinski definition) is 4. The Hall–Kier alpha value is -3.03. The van der Waals surface area contributed by atoms with Crippen LogP contribution in [0.5, 0.6) is 5.75 Å². The fraction of sp³-hybridized carbons (Fsp3) is 0.136. The number of halogens is 1. The summed E-state index contributed by atoms with van der Waals surface area (Å²) in [7, 11) is -0.710. The van der Waals surface area contributed by atoms with Crippen LogP contribution in [-0.2, 0) is 10.0 Å². The number of aryl methyl sites for hydroxylation is 1. The summed E-state index contributed by atoms with van der Waals surface area (Å²) in [6.07, 6.45) is 0. The molecule has 0 atom stereocenters. The van der Waals surface area contributed by atoms with Crippen LogP contribution in [0.2, 0.25) is 5.02 Å². The van der Waals surface area contributed by atoms with Crippen molar-refractivity contribution in [2.45, 2.75) is 11.8 Å². The first-order valence-electron chi connectivity index (χ1n) is 9.03. The van der Waals surface area contributed by atoms with Crippen molar-refractivity contribution in [1.29, 1.82) is 0 Å². The fourth-order valence-electron chi connectivity index (χ4n) is 2.92. The third-order valence-electron chi connectivity index (χ3n) is 4.62. The second kappa shape index (κ2) is 8.77. The average Bonchev–Trinajstić information content (AvgIpc) is 2.74. The highest BCUT2D eigenvalue weighted by Gasteiger charge is 2.23. The lowest BCUT2D eigenvalue weighted by molar-refractivity contribution is 0.102. The Kier molecular flexibility index (Phi) is 6.34. The number of benzene rings is 3. The van der Waals surface area contributed by atoms with Gasteiger partial charge in [-0.25, -0.2) is 8.42 Å². The molecule has 1 amide bonds. The van der Waals surface area contributed by atoms with Crippen molar-refractivity contribution in [2.24, 2.45) is 0 Å². The Morgan fingerprint density at radius 2 is 1.63 bits per heavy atom. The van der Waals surface area contributed by atoms with Gasteiger partial charge in [-0.2, -0.15) is 0 Å². The average molecular weight is 445 g/mol. The molecule has 0 spiro atoms. The van der Waals surface area contributed by atoms with E-state index in [2.05, 4.69) is 5.32 Å². The Balaban J connectivity index is 1.81. The number of ether oxygens (including phenoxy) is 1. The first-order chi connectivity index (χ1) is 14.2. The zero-order chi connectivity index (χ0) is 21.9. The summed E-state index contributed by atoms with van der Waals surface area (Å²) in [6, 6.07) is 17.8. The number of sulfonamides is 1. The molecule has 0 saturated carbocycles. The number of amides is 1. The molecule has 0 radical (unpaired) electrons. The summed E-state index contributed by atoms with van der Waals surface area (Å²) in [6.45, 7) is 1.76. The largest absolute Gasteiger partial charge is 0.497 e. The van der Waals surface area contributed by atoms with Crippen LogP contribution < -0.4 is 14.4 Å². The first-order valence-corrected chi connectivity index (χ1v) is 10.8. The molecule has 0 aliphatic heterocycles. The van der Waals surface area contributed by atoms with Gasteiger partial charge in [0.1, 0.15) is 5.75 Å². The number of hydrogen-bond donors (Lipinski definition) is 1. The lowest BCUT2D eigenvalue weighted by Gasteiger charge is -2.22. The minimum atomic E-state index is -3.76. The van der Waals surface area contributed by atoms with Crippen molar-refractivity contribution >= 4 is 38.9 Å². The summed E-state index contributed by atoms with van der Waals surface area (Å²) in [5.74, 6) is 0.399. The van der Waals surface area contributed by atoms with Gasteiger partial charge in [0.05, 0.1) is 17.7 Å². The van der Waals surface area contributed by atoms with Crippen molar-refractivity contribution in [1.82, 2.24) is 0 Å². The number of carbonyl (C=O) groups is 1. The van der Waals surface area contributed by atoms with Gasteiger partial charge in [0.15, 0.2) is 0 Å². The molecule has 0 aliphatic rings. The van der Waals surface area contributed by atoms with E-state index in [0.29, 0.717) is 33.3 Å². The van der Waals surface area contributed by atoms with Crippen LogP contribution in [0, 0.1) is 6.92 Å². The molecule has 3 aromatic rings. The van der Waals surface area contributed by atoms with Crippen LogP contribution in [0.15, 0.2) is 71.6 Å². The molecular formula is C22H21ClN2O4S. The monoisotopic (exact) mass is 444 g/mol. The zero-order valence-corrected chi connectivity index (χ0v) is 18.3. The number of nitrogens with zero attached hydrogens (tertiary/aromatic N) is 1. The maximum Gasteiger partial charge on any atom is 0.264 e. The molecule has 0 saturated heterocycles. The van der Waals surface area contributed by atoms with E-state index >= 15 is 0 Å². The Morgan fingerprint density at radius 1 is 1.00 bits per heavy atom. The SMILES string of the molecule is COc1ccc(NC(=O)c2ccc(N(C)S(=O)(=O)c3ccc(Cl)cc3)c(C)c2)cc1. The van der Waals surface area contributed by atoms with Crippen LogP contribution in [-0.4, -0.2) is 28.5 Å². The summed E-state index contributed by atoms with van der Waals surface area (Å²) >= 11 is 5.85. The Morgan fingerprint density at radius 3 is 2.20 bits per heavy atom. The summed E-state index contributed by atoms with van der Waals surface area (Å²) < 4.78 is 32.1. The minimum absolute atomic E-state index is 0.134. The van der Waals surface area contributed by atoms with Gasteiger partial charge >= 0.3 is 0 Å². The third-order valence-corrected chi connectivity index (χ3v) is 6.66. The van der Waals surface area contributed by atoms with Gasteiger partial charge in [-0.3, -0.25) is 9.10 Å². The molecular weight excluding hydrogens is 424 g/mol. The molecule has 0 aliphatic carbocycles. The summed E-state index contributed by atoms with van der Waals surface area (Å²) in [4.78, 5) is 12.7. The van der Waals surface area contributed by atoms with Crippen LogP contribution in [0.3, 0.4) is 0 Å². The van der Waals surface area contributed by atoms with E-state index < -0.39 is 10.0 Å². The van der Waals surface area contributed by atoms with Gasteiger partial charge in [0, 0.05) is 23.3 Å². The predicted octanol–water partition coefficient (Wildman–Crippen LogP) is 4.73. The van der Waals surface area contributed by atoms with Crippen molar-refractivity contribution < 1.29 is 17.9 Å². The first kappa shape index (κ1) is 21.7. The van der Waals surface area contributed by atoms with Crippen LogP contribution in [0.25, 0.3) is 0 Å². The van der Waals surface area contributed by atoms with E-state index in [4.69, 9.17) is 16.3 Å². The van der Waals surface area contributed by atoms with Gasteiger partial charge in [0.2, 0.25) is 0 Å². The van der Waals surface area contributed by atoms with E-state index in [1.807, 2.05) is 0 Å². The molecule has 6 nitrogen and oxygen atoms in total. The molecule has 0 fully saturated rings. The van der Waals surface area contributed by atoms with Crippen LogP contribution in [0.1, 0.15) is 15.9 Å². The fourth-order valence-corrected chi connectivity index (χ4v) is 4.31. The third kappa shape index (κ3) is 4.58. The molecule has 0 unspecified atom stereocenters. The van der Waals surface area contributed by atoms with Gasteiger partial charge < -0.3 is 10.1 Å². The van der Waals surface area contributed by atoms with Crippen molar-refractivity contribution in [3.05, 3.63) is 82.9 Å². The van der Waals surface area contributed by atoms with E-state index in [1.54, 1.807) is 56.5 Å². The van der Waals surface area contributed by atoms with Gasteiger partial charge in [-0.15, -0.1) is 0 Å². The Labute approximate surface area is 181 Å². The van der Waals surface area contributed by atoms with E-state index in [9.17, 15) is 13.2 Å². The lowest BCUT2D eigenvalue weighted by Crippen LogP contribution is -2.27. The van der Waals surface area contributed by atoms with Crippen molar-refractivity contribution in [3.63, 3.8) is 0 Å². The number of rotatable bonds is 6. The Bertz CT molecular complexity index is 1160. The lowest BCUT2D eigenvalue weighted by atomic mass is 10.1. The zero-order valence-electron chi connectivity index (χ0n) is 16.7. The predicted molar refractivity (Wildman–Crippen MR) is 119 cm³/mol. The van der Waals surface area contributed by atoms with Crippen molar-refractivity contribution in [2.75, 3.05) is 23.8 Å². The van der Waals surface area contributed by atoms with E-state index in [-0.39, 0.29) is 10.8 Å². The molecule has 8 heteroatoms. The summed E-state index contributed by atoms with van der Waals surface area (Å²) in [5.41, 5.74) is 2.18. The minimum Gasteiger partial charge on any atom is -0.497 e. The molecule has 156 valence electrons. The van der Waals surface area contributed by atoms with Crippen LogP contribution in [0.4, 0.5) is 11.4 Å². The number of nitrogens with one attached hydrogen (secondary N) is 1. The van der Waals surface area contributed by atoms with Gasteiger partial charge in [-0.05, 0) is 79.2 Å². The standard InChI is InChI=1S/C22H21ClN2O4S/c1-15-14-16(22(26)24-18-7-9-19(29-3)10-8-18)4-13-21(15)25(2)30(27,28)20-11-5-17(23)6-12-20/h4-14H,1-3H3,(H,24,26). The maximum absolute atomic E-state index is 12.9. The second-order valence-electron chi connectivity index (χ2n) is 6.61. The topological polar surface area (TPSA) is 75.7 Å². The summed E-state index contributed by atoms with van der Waals surface area (Å²) in [5, 5.41) is 3.27. The van der Waals surface area contributed by atoms with E-state index in [0.717, 1.165) is 0 Å². The normalized spacial score (nSPS) is 11.1. The molecule has 3 aromatic carbocycles. The maximum atomic E-state index is 12.9. The molecule has 0 aromatic heterocycles. The quantitative estimate of drug-likeness (QED) is 0.596. The van der Waals surface area contributed by atoms with Crippen LogP contribution >= 0.6 is 11.6 Å². The molecule has 0 heterocycles. The molecule has 30 heavy (non-hydrogen) atoms. The highest BCUT2D eigenvalue weighted by atomic mass is 35.5. The number of carbonyl (C=O) groups excluding carboxylic acids is 1. The number of methoxy groups -OCH3 is 1. The highest BCUT2D eigenvalue weighted by molar-refractivity contribution is 7.92. The second-order valence-corrected chi connectivity index (χ2v) is 9.02.